The molecule has 1 aromatic carbocycles. The summed E-state index contributed by atoms with van der Waals surface area (Å²) in [6.45, 7) is 2.14. The van der Waals surface area contributed by atoms with Gasteiger partial charge in [0.25, 0.3) is 0 Å². The first-order valence-corrected chi connectivity index (χ1v) is 5.70. The number of hydrogen-bond donors (Lipinski definition) is 0. The molecule has 0 spiro atoms. The van der Waals surface area contributed by atoms with E-state index in [1.54, 1.807) is 19.1 Å². The molecule has 0 aliphatic heterocycles. The molecule has 2 nitrogen and oxygen atoms in total. The third-order valence-electron chi connectivity index (χ3n) is 1.71. The number of alkyl halides is 1. The van der Waals surface area contributed by atoms with E-state index >= 15 is 0 Å². The summed E-state index contributed by atoms with van der Waals surface area (Å²) >= 11 is 9.24. The summed E-state index contributed by atoms with van der Waals surface area (Å²) in [5, 5.41) is 1.25. The fourth-order valence-electron chi connectivity index (χ4n) is 0.997. The summed E-state index contributed by atoms with van der Waals surface area (Å²) in [5.41, 5.74) is 1.45. The van der Waals surface area contributed by atoms with Crippen molar-refractivity contribution in [3.05, 3.63) is 34.3 Å². The van der Waals surface area contributed by atoms with E-state index in [-0.39, 0.29) is 5.97 Å². The average Bonchev–Trinajstić information content (AvgIpc) is 2.18. The van der Waals surface area contributed by atoms with Gasteiger partial charge in [0.15, 0.2) is 0 Å². The first kappa shape index (κ1) is 11.5. The molecule has 0 amide bonds. The molecule has 0 unspecified atom stereocenters. The summed E-state index contributed by atoms with van der Waals surface area (Å²) in [6, 6.07) is 5.14. The van der Waals surface area contributed by atoms with Crippen molar-refractivity contribution in [1.82, 2.24) is 0 Å². The molecule has 76 valence electrons. The molecule has 0 saturated carbocycles. The monoisotopic (exact) mass is 276 g/mol. The van der Waals surface area contributed by atoms with Crippen LogP contribution in [0.1, 0.15) is 22.8 Å². The Labute approximate surface area is 96.3 Å². The second-order valence-electron chi connectivity index (χ2n) is 2.66. The largest absolute Gasteiger partial charge is 0.462 e. The van der Waals surface area contributed by atoms with Gasteiger partial charge in [-0.3, -0.25) is 0 Å². The van der Waals surface area contributed by atoms with Crippen LogP contribution in [0, 0.1) is 0 Å². The van der Waals surface area contributed by atoms with Gasteiger partial charge in [-0.05, 0) is 24.6 Å². The van der Waals surface area contributed by atoms with Crippen molar-refractivity contribution >= 4 is 33.5 Å². The van der Waals surface area contributed by atoms with Crippen molar-refractivity contribution < 1.29 is 9.53 Å². The van der Waals surface area contributed by atoms with Crippen LogP contribution in [0.5, 0.6) is 0 Å². The zero-order valence-electron chi connectivity index (χ0n) is 7.72. The van der Waals surface area contributed by atoms with Crippen molar-refractivity contribution in [3.8, 4) is 0 Å². The van der Waals surface area contributed by atoms with E-state index in [0.717, 1.165) is 5.56 Å². The Morgan fingerprint density at radius 3 is 2.79 bits per heavy atom. The van der Waals surface area contributed by atoms with Gasteiger partial charge < -0.3 is 4.74 Å². The van der Waals surface area contributed by atoms with Crippen LogP contribution in [-0.2, 0) is 10.1 Å². The summed E-state index contributed by atoms with van der Waals surface area (Å²) in [5.74, 6) is -0.337. The quantitative estimate of drug-likeness (QED) is 0.625. The standard InChI is InChI=1S/C10H10BrClO2/c1-2-14-10(13)7-3-4-8(6-11)9(12)5-7/h3-5H,2,6H2,1H3. The molecule has 0 radical (unpaired) electrons. The SMILES string of the molecule is CCOC(=O)c1ccc(CBr)c(Cl)c1. The molecule has 4 heteroatoms. The van der Waals surface area contributed by atoms with Crippen LogP contribution in [0.2, 0.25) is 5.02 Å². The van der Waals surface area contributed by atoms with E-state index in [9.17, 15) is 4.79 Å². The van der Waals surface area contributed by atoms with Gasteiger partial charge in [0, 0.05) is 10.4 Å². The number of ether oxygens (including phenoxy) is 1. The molecule has 0 heterocycles. The molecule has 0 aliphatic carbocycles. The third-order valence-corrected chi connectivity index (χ3v) is 2.66. The van der Waals surface area contributed by atoms with Crippen molar-refractivity contribution in [2.75, 3.05) is 6.61 Å². The smallest absolute Gasteiger partial charge is 0.338 e. The number of carbonyl (C=O) groups excluding carboxylic acids is 1. The van der Waals surface area contributed by atoms with E-state index in [2.05, 4.69) is 15.9 Å². The second-order valence-corrected chi connectivity index (χ2v) is 3.63. The van der Waals surface area contributed by atoms with Crippen molar-refractivity contribution in [3.63, 3.8) is 0 Å². The lowest BCUT2D eigenvalue weighted by Crippen LogP contribution is -2.04. The predicted octanol–water partition coefficient (Wildman–Crippen LogP) is 3.41. The van der Waals surface area contributed by atoms with Gasteiger partial charge in [-0.2, -0.15) is 0 Å². The normalized spacial score (nSPS) is 9.93. The zero-order chi connectivity index (χ0) is 10.6. The molecular weight excluding hydrogens is 267 g/mol. The fourth-order valence-corrected chi connectivity index (χ4v) is 1.89. The molecule has 1 rings (SSSR count). The molecule has 0 aromatic heterocycles. The van der Waals surface area contributed by atoms with Crippen LogP contribution in [0.15, 0.2) is 18.2 Å². The Balaban J connectivity index is 2.91. The first-order valence-electron chi connectivity index (χ1n) is 4.20. The molecule has 0 atom stereocenters. The Bertz CT molecular complexity index is 339. The minimum Gasteiger partial charge on any atom is -0.462 e. The van der Waals surface area contributed by atoms with Crippen LogP contribution in [0.3, 0.4) is 0 Å². The molecule has 0 N–H and O–H groups in total. The molecular formula is C10H10BrClO2. The minimum absolute atomic E-state index is 0.337. The van der Waals surface area contributed by atoms with Gasteiger partial charge in [0.1, 0.15) is 0 Å². The number of rotatable bonds is 3. The van der Waals surface area contributed by atoms with E-state index in [0.29, 0.717) is 22.5 Å². The van der Waals surface area contributed by atoms with Gasteiger partial charge in [-0.25, -0.2) is 4.79 Å². The zero-order valence-corrected chi connectivity index (χ0v) is 10.1. The molecule has 0 fully saturated rings. The Hall–Kier alpha value is -0.540. The van der Waals surface area contributed by atoms with Gasteiger partial charge in [-0.15, -0.1) is 0 Å². The van der Waals surface area contributed by atoms with E-state index in [1.165, 1.54) is 0 Å². The van der Waals surface area contributed by atoms with Crippen LogP contribution in [0.25, 0.3) is 0 Å². The number of carbonyl (C=O) groups is 1. The van der Waals surface area contributed by atoms with Crippen LogP contribution in [-0.4, -0.2) is 12.6 Å². The van der Waals surface area contributed by atoms with Gasteiger partial charge >= 0.3 is 5.97 Å². The Kier molecular flexibility index (Phi) is 4.42. The molecule has 0 bridgehead atoms. The number of hydrogen-bond acceptors (Lipinski definition) is 2. The highest BCUT2D eigenvalue weighted by molar-refractivity contribution is 9.08. The lowest BCUT2D eigenvalue weighted by Gasteiger charge is -2.04. The molecule has 1 aromatic rings. The Morgan fingerprint density at radius 2 is 2.29 bits per heavy atom. The third kappa shape index (κ3) is 2.72. The van der Waals surface area contributed by atoms with Crippen molar-refractivity contribution in [2.45, 2.75) is 12.3 Å². The summed E-state index contributed by atoms with van der Waals surface area (Å²) in [7, 11) is 0. The van der Waals surface area contributed by atoms with Gasteiger partial charge in [0.05, 0.1) is 12.2 Å². The van der Waals surface area contributed by atoms with Crippen LogP contribution < -0.4 is 0 Å². The summed E-state index contributed by atoms with van der Waals surface area (Å²) in [6.07, 6.45) is 0. The maximum absolute atomic E-state index is 11.3. The number of benzene rings is 1. The highest BCUT2D eigenvalue weighted by Gasteiger charge is 2.08. The van der Waals surface area contributed by atoms with Crippen molar-refractivity contribution in [1.29, 1.82) is 0 Å². The maximum atomic E-state index is 11.3. The van der Waals surface area contributed by atoms with Crippen LogP contribution in [0.4, 0.5) is 0 Å². The fraction of sp³-hybridized carbons (Fsp3) is 0.300. The lowest BCUT2D eigenvalue weighted by molar-refractivity contribution is 0.0526. The highest BCUT2D eigenvalue weighted by Crippen LogP contribution is 2.20. The van der Waals surface area contributed by atoms with E-state index in [1.807, 2.05) is 6.07 Å². The van der Waals surface area contributed by atoms with Gasteiger partial charge in [0.2, 0.25) is 0 Å². The second kappa shape index (κ2) is 5.37. The topological polar surface area (TPSA) is 26.3 Å². The maximum Gasteiger partial charge on any atom is 0.338 e. The first-order chi connectivity index (χ1) is 6.69. The van der Waals surface area contributed by atoms with E-state index < -0.39 is 0 Å². The predicted molar refractivity (Wildman–Crippen MR) is 60.0 cm³/mol. The number of halogens is 2. The Morgan fingerprint density at radius 1 is 1.57 bits per heavy atom. The summed E-state index contributed by atoms with van der Waals surface area (Å²) < 4.78 is 4.85. The number of esters is 1. The summed E-state index contributed by atoms with van der Waals surface area (Å²) in [4.78, 5) is 11.3. The van der Waals surface area contributed by atoms with Crippen molar-refractivity contribution in [2.24, 2.45) is 0 Å². The minimum atomic E-state index is -0.337. The molecule has 14 heavy (non-hydrogen) atoms. The van der Waals surface area contributed by atoms with Gasteiger partial charge in [-0.1, -0.05) is 33.6 Å². The molecule has 0 saturated heterocycles. The highest BCUT2D eigenvalue weighted by atomic mass is 79.9. The van der Waals surface area contributed by atoms with E-state index in [4.69, 9.17) is 16.3 Å². The molecule has 0 aliphatic rings. The van der Waals surface area contributed by atoms with Crippen LogP contribution >= 0.6 is 27.5 Å². The average molecular weight is 278 g/mol. The lowest BCUT2D eigenvalue weighted by atomic mass is 10.1.